The van der Waals surface area contributed by atoms with Gasteiger partial charge in [-0.2, -0.15) is 0 Å². The van der Waals surface area contributed by atoms with E-state index < -0.39 is 10.6 Å². The zero-order chi connectivity index (χ0) is 22.5. The van der Waals surface area contributed by atoms with Crippen molar-refractivity contribution in [3.63, 3.8) is 0 Å². The van der Waals surface area contributed by atoms with E-state index in [-0.39, 0.29) is 0 Å². The van der Waals surface area contributed by atoms with Gasteiger partial charge in [0.2, 0.25) is 0 Å². The van der Waals surface area contributed by atoms with Crippen molar-refractivity contribution in [3.8, 4) is 22.3 Å². The maximum atomic E-state index is 12.0. The van der Waals surface area contributed by atoms with Crippen LogP contribution in [-0.2, 0) is 0 Å². The predicted molar refractivity (Wildman–Crippen MR) is 138 cm³/mol. The Morgan fingerprint density at radius 3 is 1.84 bits per heavy atom. The van der Waals surface area contributed by atoms with Crippen molar-refractivity contribution in [2.75, 3.05) is 0 Å². The molecule has 0 atom stereocenters. The highest BCUT2D eigenvalue weighted by Gasteiger charge is 2.34. The number of carbonyl (C=O) groups excluding carboxylic acids is 1. The molecule has 5 rings (SSSR count). The molecule has 0 unspecified atom stereocenters. The molecule has 4 aromatic carbocycles. The minimum absolute atomic E-state index is 0.299. The molecule has 0 saturated heterocycles. The summed E-state index contributed by atoms with van der Waals surface area (Å²) < 4.78 is 24.7. The maximum absolute atomic E-state index is 12.0. The third-order valence-corrected chi connectivity index (χ3v) is 9.73. The highest BCUT2D eigenvalue weighted by atomic mass is 79.9. The molecule has 0 saturated carbocycles. The lowest BCUT2D eigenvalue weighted by atomic mass is 10.0. The normalized spacial score (nSPS) is 14.9. The summed E-state index contributed by atoms with van der Waals surface area (Å²) in [7, 11) is -3.36. The van der Waals surface area contributed by atoms with E-state index in [2.05, 4.69) is 31.9 Å². The number of hydrogen-bond acceptors (Lipinski definition) is 4. The predicted octanol–water partition coefficient (Wildman–Crippen LogP) is 8.99. The minimum atomic E-state index is -3.36. The molecular weight excluding hydrogens is 572 g/mol. The van der Waals surface area contributed by atoms with Gasteiger partial charge in [0.15, 0.2) is 6.29 Å². The molecule has 2 N–H and O–H groups in total. The summed E-state index contributed by atoms with van der Waals surface area (Å²) in [5.74, 6) is 0. The molecule has 0 amide bonds. The lowest BCUT2D eigenvalue weighted by molar-refractivity contribution is 0.111. The van der Waals surface area contributed by atoms with Crippen molar-refractivity contribution in [1.29, 1.82) is 0 Å². The molecule has 7 heteroatoms. The van der Waals surface area contributed by atoms with Crippen molar-refractivity contribution >= 4 is 60.5 Å². The van der Waals surface area contributed by atoms with Gasteiger partial charge in [-0.15, -0.1) is 10.6 Å². The first-order valence-corrected chi connectivity index (χ1v) is 13.6. The highest BCUT2D eigenvalue weighted by Crippen LogP contribution is 2.66. The summed E-state index contributed by atoms with van der Waals surface area (Å²) in [4.78, 5) is 14.2. The van der Waals surface area contributed by atoms with Gasteiger partial charge in [-0.3, -0.25) is 13.9 Å². The van der Waals surface area contributed by atoms with E-state index in [1.165, 1.54) is 11.8 Å². The minimum Gasteiger partial charge on any atom is -0.298 e. The van der Waals surface area contributed by atoms with E-state index >= 15 is 0 Å². The second kappa shape index (κ2) is 8.48. The van der Waals surface area contributed by atoms with Crippen LogP contribution in [0.5, 0.6) is 0 Å². The van der Waals surface area contributed by atoms with Gasteiger partial charge < -0.3 is 0 Å². The summed E-state index contributed by atoms with van der Waals surface area (Å²) in [6.45, 7) is 0. The third kappa shape index (κ3) is 3.87. The van der Waals surface area contributed by atoms with Crippen LogP contribution in [0.3, 0.4) is 0 Å². The van der Waals surface area contributed by atoms with E-state index in [4.69, 9.17) is 0 Å². The van der Waals surface area contributed by atoms with Crippen LogP contribution in [0.4, 0.5) is 0 Å². The highest BCUT2D eigenvalue weighted by molar-refractivity contribution is 9.10. The van der Waals surface area contributed by atoms with Gasteiger partial charge in [-0.25, -0.2) is 0 Å². The molecule has 0 aromatic heterocycles. The van der Waals surface area contributed by atoms with Crippen LogP contribution in [0.2, 0.25) is 0 Å². The molecule has 0 fully saturated rings. The Hall–Kier alpha value is -1.87. The van der Waals surface area contributed by atoms with Gasteiger partial charge in [-0.05, 0) is 70.8 Å². The Kier molecular flexibility index (Phi) is 5.82. The largest absolute Gasteiger partial charge is 0.298 e. The fourth-order valence-corrected chi connectivity index (χ4v) is 7.81. The zero-order valence-electron chi connectivity index (χ0n) is 16.5. The average Bonchev–Trinajstić information content (AvgIpc) is 2.79. The summed E-state index contributed by atoms with van der Waals surface area (Å²) in [5.41, 5.74) is 3.97. The van der Waals surface area contributed by atoms with Crippen LogP contribution in [0.15, 0.2) is 107 Å². The van der Waals surface area contributed by atoms with Gasteiger partial charge in [0.25, 0.3) is 0 Å². The molecule has 160 valence electrons. The Morgan fingerprint density at radius 2 is 1.25 bits per heavy atom. The van der Waals surface area contributed by atoms with Crippen LogP contribution in [0.1, 0.15) is 10.4 Å². The number of rotatable bonds is 3. The number of hydrogen-bond donors (Lipinski definition) is 2. The van der Waals surface area contributed by atoms with Crippen molar-refractivity contribution < 1.29 is 13.9 Å². The number of carbonyl (C=O) groups is 1. The van der Waals surface area contributed by atoms with Gasteiger partial charge in [-0.1, -0.05) is 74.0 Å². The smallest absolute Gasteiger partial charge is 0.152 e. The van der Waals surface area contributed by atoms with E-state index in [1.807, 2.05) is 72.8 Å². The molecule has 32 heavy (non-hydrogen) atoms. The first-order chi connectivity index (χ1) is 15.4. The maximum Gasteiger partial charge on any atom is 0.152 e. The molecule has 0 bridgehead atoms. The number of aldehydes is 1. The van der Waals surface area contributed by atoms with Crippen LogP contribution in [-0.4, -0.2) is 15.4 Å². The summed E-state index contributed by atoms with van der Waals surface area (Å²) in [6.07, 6.45) is 0.708. The second-order valence-corrected chi connectivity index (χ2v) is 12.2. The fraction of sp³-hybridized carbons (Fsp3) is 0. The molecule has 1 heterocycles. The van der Waals surface area contributed by atoms with Crippen LogP contribution in [0.25, 0.3) is 22.3 Å². The third-order valence-electron chi connectivity index (χ3n) is 5.32. The SMILES string of the molecule is O=Cc1cc(-c2ccc(Br)cc2)cc2c1S(O)(O)c1cc(-c3ccc(Br)cc3)ccc1S2. The second-order valence-electron chi connectivity index (χ2n) is 7.34. The van der Waals surface area contributed by atoms with Crippen LogP contribution in [0, 0.1) is 0 Å². The lowest BCUT2D eigenvalue weighted by Crippen LogP contribution is -2.10. The van der Waals surface area contributed by atoms with Crippen molar-refractivity contribution in [3.05, 3.63) is 93.4 Å². The summed E-state index contributed by atoms with van der Waals surface area (Å²) in [5, 5.41) is 0. The zero-order valence-corrected chi connectivity index (χ0v) is 21.3. The molecule has 1 aliphatic heterocycles. The molecule has 3 nitrogen and oxygen atoms in total. The summed E-state index contributed by atoms with van der Waals surface area (Å²) >= 11 is 8.34. The Balaban J connectivity index is 1.64. The molecule has 1 aliphatic rings. The lowest BCUT2D eigenvalue weighted by Gasteiger charge is -2.40. The summed E-state index contributed by atoms with van der Waals surface area (Å²) in [6, 6.07) is 25.0. The van der Waals surface area contributed by atoms with Crippen LogP contribution < -0.4 is 0 Å². The van der Waals surface area contributed by atoms with Crippen molar-refractivity contribution in [2.24, 2.45) is 0 Å². The van der Waals surface area contributed by atoms with Gasteiger partial charge >= 0.3 is 0 Å². The van der Waals surface area contributed by atoms with Gasteiger partial charge in [0.1, 0.15) is 0 Å². The molecule has 0 aliphatic carbocycles. The van der Waals surface area contributed by atoms with Gasteiger partial charge in [0, 0.05) is 24.3 Å². The number of halogens is 2. The van der Waals surface area contributed by atoms with E-state index in [9.17, 15) is 13.9 Å². The van der Waals surface area contributed by atoms with Gasteiger partial charge in [0.05, 0.1) is 9.79 Å². The first-order valence-electron chi connectivity index (χ1n) is 9.62. The molecular formula is C25H16Br2O3S2. The molecule has 4 aromatic rings. The topological polar surface area (TPSA) is 57.5 Å². The van der Waals surface area contributed by atoms with E-state index in [0.717, 1.165) is 36.1 Å². The first kappa shape index (κ1) is 21.9. The quantitative estimate of drug-likeness (QED) is 0.235. The van der Waals surface area contributed by atoms with Crippen molar-refractivity contribution in [1.82, 2.24) is 0 Å². The monoisotopic (exact) mass is 586 g/mol. The number of benzene rings is 4. The Morgan fingerprint density at radius 1 is 0.688 bits per heavy atom. The Bertz CT molecular complexity index is 1350. The molecule has 0 radical (unpaired) electrons. The Labute approximate surface area is 208 Å². The average molecular weight is 588 g/mol. The van der Waals surface area contributed by atoms with Crippen LogP contribution >= 0.6 is 54.2 Å². The van der Waals surface area contributed by atoms with Crippen molar-refractivity contribution in [2.45, 2.75) is 19.6 Å². The number of fused-ring (bicyclic) bond motifs is 2. The fourth-order valence-electron chi connectivity index (χ4n) is 3.77. The molecule has 0 spiro atoms. The standard InChI is InChI=1S/C25H16Br2O3S2/c26-20-6-1-15(2-7-20)17-5-10-22-24(13-17)32(29,30)25-19(14-28)11-18(12-23(25)31-22)16-3-8-21(27)9-4-16/h1-14,29-30H. The van der Waals surface area contributed by atoms with E-state index in [1.54, 1.807) is 6.07 Å². The van der Waals surface area contributed by atoms with E-state index in [0.29, 0.717) is 26.5 Å².